The fraction of sp³-hybridized carbons (Fsp3) is 0.300. The van der Waals surface area contributed by atoms with Gasteiger partial charge < -0.3 is 45.5 Å². The minimum absolute atomic E-state index is 0.0472. The van der Waals surface area contributed by atoms with Crippen LogP contribution in [0.4, 0.5) is 0 Å². The van der Waals surface area contributed by atoms with Crippen molar-refractivity contribution in [3.63, 3.8) is 0 Å². The quantitative estimate of drug-likeness (QED) is 0.141. The van der Waals surface area contributed by atoms with Crippen LogP contribution in [0.5, 0.6) is 17.2 Å². The fourth-order valence-corrected chi connectivity index (χ4v) is 6.96. The van der Waals surface area contributed by atoms with Crippen LogP contribution in [0.3, 0.4) is 0 Å². The molecule has 3 aromatic rings. The van der Waals surface area contributed by atoms with E-state index in [4.69, 9.17) is 16.3 Å². The Bertz CT molecular complexity index is 2030. The number of Topliss-reactive ketones (excluding diaryl/α,β-unsaturated/α-hetero) is 3. The number of hydrogen-bond acceptors (Lipinski definition) is 13. The summed E-state index contributed by atoms with van der Waals surface area (Å²) in [6, 6.07) is 1.11. The number of carbonyl (C=O) groups excluding carboxylic acids is 4. The maximum atomic E-state index is 14.1. The van der Waals surface area contributed by atoms with Crippen LogP contribution >= 0.6 is 11.6 Å². The molecule has 0 bridgehead atoms. The fourth-order valence-electron chi connectivity index (χ4n) is 6.62. The Morgan fingerprint density at radius 1 is 0.889 bits per heavy atom. The number of ether oxygens (including phenoxy) is 1. The number of benzene rings is 2. The highest BCUT2D eigenvalue weighted by molar-refractivity contribution is 6.41. The molecule has 15 heteroatoms. The number of aliphatic hydroxyl groups is 4. The average molecular weight is 642 g/mol. The van der Waals surface area contributed by atoms with Gasteiger partial charge in [0, 0.05) is 17.0 Å². The molecular weight excluding hydrogens is 618 g/mol. The van der Waals surface area contributed by atoms with E-state index in [2.05, 4.69) is 4.98 Å². The molecule has 6 rings (SSSR count). The molecule has 0 saturated carbocycles. The van der Waals surface area contributed by atoms with Crippen molar-refractivity contribution in [2.45, 2.75) is 49.6 Å². The number of aromatic hydroxyl groups is 3. The van der Waals surface area contributed by atoms with Crippen LogP contribution in [0.15, 0.2) is 22.7 Å². The molecule has 0 saturated heterocycles. The predicted octanol–water partition coefficient (Wildman–Crippen LogP) is 0.607. The summed E-state index contributed by atoms with van der Waals surface area (Å²) in [6.07, 6.45) is -6.84. The van der Waals surface area contributed by atoms with E-state index in [0.717, 1.165) is 19.3 Å². The van der Waals surface area contributed by atoms with E-state index in [1.807, 2.05) is 0 Å². The normalized spacial score (nSPS) is 21.4. The van der Waals surface area contributed by atoms with Crippen LogP contribution in [-0.4, -0.2) is 89.3 Å². The minimum atomic E-state index is -2.32. The monoisotopic (exact) mass is 641 g/mol. The van der Waals surface area contributed by atoms with Crippen LogP contribution in [0.2, 0.25) is 5.02 Å². The van der Waals surface area contributed by atoms with Gasteiger partial charge in [0.05, 0.1) is 51.6 Å². The third kappa shape index (κ3) is 3.74. The molecule has 14 nitrogen and oxygen atoms in total. The second-order valence-electron chi connectivity index (χ2n) is 11.2. The van der Waals surface area contributed by atoms with Gasteiger partial charge in [0.15, 0.2) is 23.1 Å². The maximum absolute atomic E-state index is 14.1. The first kappa shape index (κ1) is 30.4. The third-order valence-corrected chi connectivity index (χ3v) is 9.28. The Labute approximate surface area is 256 Å². The number of aromatic amines is 1. The number of aromatic nitrogens is 1. The SMILES string of the molecule is COC1=CC(=O)c2c(O)c3c(c(O)c2C1=O)C(=O)[C@@]1(CCc2c1c(O)c1c(=O)[nH]c(C(O)C(O)C(O)C(C)O)cc1c2Cl)C3=O. The van der Waals surface area contributed by atoms with Gasteiger partial charge >= 0.3 is 0 Å². The number of phenolic OH excluding ortho intramolecular Hbond substituents is 3. The van der Waals surface area contributed by atoms with Gasteiger partial charge in [-0.1, -0.05) is 11.6 Å². The summed E-state index contributed by atoms with van der Waals surface area (Å²) in [5, 5.41) is 73.3. The number of allylic oxidation sites excluding steroid dienone is 2. The second kappa shape index (κ2) is 9.95. The number of rotatable bonds is 5. The summed E-state index contributed by atoms with van der Waals surface area (Å²) in [7, 11) is 1.09. The Kier molecular flexibility index (Phi) is 6.73. The summed E-state index contributed by atoms with van der Waals surface area (Å²) >= 11 is 6.68. The summed E-state index contributed by atoms with van der Waals surface area (Å²) in [5.41, 5.74) is -7.00. The van der Waals surface area contributed by atoms with Crippen molar-refractivity contribution in [2.24, 2.45) is 0 Å². The topological polar surface area (TPSA) is 252 Å². The average Bonchev–Trinajstić information content (AvgIpc) is 3.51. The van der Waals surface area contributed by atoms with Crippen molar-refractivity contribution < 1.29 is 59.7 Å². The number of hydrogen-bond donors (Lipinski definition) is 8. The molecule has 0 radical (unpaired) electrons. The van der Waals surface area contributed by atoms with Gasteiger partial charge in [-0.15, -0.1) is 0 Å². The van der Waals surface area contributed by atoms with E-state index in [-0.39, 0.29) is 40.1 Å². The van der Waals surface area contributed by atoms with E-state index in [1.54, 1.807) is 0 Å². The lowest BCUT2D eigenvalue weighted by atomic mass is 9.76. The molecule has 0 aliphatic heterocycles. The predicted molar refractivity (Wildman–Crippen MR) is 152 cm³/mol. The molecule has 234 valence electrons. The largest absolute Gasteiger partial charge is 0.507 e. The number of H-pyrrole nitrogens is 1. The minimum Gasteiger partial charge on any atom is -0.507 e. The Morgan fingerprint density at radius 3 is 2.07 bits per heavy atom. The number of fused-ring (bicyclic) bond motifs is 5. The first-order valence-electron chi connectivity index (χ1n) is 13.5. The Hall–Kier alpha value is -4.60. The number of pyridine rings is 1. The van der Waals surface area contributed by atoms with E-state index in [9.17, 15) is 59.7 Å². The lowest BCUT2D eigenvalue weighted by Gasteiger charge is -2.25. The van der Waals surface area contributed by atoms with Gasteiger partial charge in [0.25, 0.3) is 5.56 Å². The van der Waals surface area contributed by atoms with E-state index < -0.39 is 109 Å². The molecule has 45 heavy (non-hydrogen) atoms. The number of nitrogens with one attached hydrogen (secondary N) is 1. The highest BCUT2D eigenvalue weighted by Crippen LogP contribution is 2.58. The van der Waals surface area contributed by atoms with E-state index in [0.29, 0.717) is 0 Å². The van der Waals surface area contributed by atoms with Gasteiger partial charge in [0.1, 0.15) is 41.0 Å². The highest BCUT2D eigenvalue weighted by atomic mass is 35.5. The van der Waals surface area contributed by atoms with Gasteiger partial charge in [-0.05, 0) is 31.4 Å². The van der Waals surface area contributed by atoms with Crippen LogP contribution in [-0.2, 0) is 16.6 Å². The van der Waals surface area contributed by atoms with Crippen LogP contribution in [0.1, 0.15) is 77.7 Å². The highest BCUT2D eigenvalue weighted by Gasteiger charge is 2.62. The standard InChI is InChI=1S/C30H24ClNO13/c1-7(33)20(35)26(41)21(36)10-5-9-13(29(44)32-10)25(40)18-8(19(9)31)3-4-30(18)27(42)16-17(28(30)43)24(39)15-14(23(16)38)11(34)6-12(45-2)22(15)37/h5-7,20-21,26,33,35-36,38-41H,3-4H2,1-2H3,(H,32,44)/t7?,20?,21?,26?,30-/m1/s1. The number of phenols is 3. The number of aliphatic hydroxyl groups excluding tert-OH is 4. The van der Waals surface area contributed by atoms with Gasteiger partial charge in [-0.2, -0.15) is 0 Å². The second-order valence-corrected chi connectivity index (χ2v) is 11.6. The smallest absolute Gasteiger partial charge is 0.259 e. The number of halogens is 1. The summed E-state index contributed by atoms with van der Waals surface area (Å²) in [5.74, 6) is -7.61. The lowest BCUT2D eigenvalue weighted by Crippen LogP contribution is -2.40. The maximum Gasteiger partial charge on any atom is 0.259 e. The number of methoxy groups -OCH3 is 1. The van der Waals surface area contributed by atoms with E-state index in [1.165, 1.54) is 6.92 Å². The Morgan fingerprint density at radius 2 is 1.49 bits per heavy atom. The number of ketones is 4. The van der Waals surface area contributed by atoms with Crippen LogP contribution in [0.25, 0.3) is 10.8 Å². The molecule has 8 N–H and O–H groups in total. The molecular formula is C30H24ClNO13. The first-order valence-corrected chi connectivity index (χ1v) is 13.9. The summed E-state index contributed by atoms with van der Waals surface area (Å²) in [4.78, 5) is 69.6. The molecule has 3 aliphatic carbocycles. The zero-order valence-electron chi connectivity index (χ0n) is 23.3. The molecule has 0 amide bonds. The molecule has 2 aromatic carbocycles. The molecule has 1 heterocycles. The van der Waals surface area contributed by atoms with Crippen molar-refractivity contribution in [1.82, 2.24) is 4.98 Å². The van der Waals surface area contributed by atoms with Gasteiger partial charge in [-0.25, -0.2) is 0 Å². The molecule has 5 atom stereocenters. The zero-order chi connectivity index (χ0) is 33.0. The van der Waals surface area contributed by atoms with Crippen LogP contribution < -0.4 is 5.56 Å². The summed E-state index contributed by atoms with van der Waals surface area (Å²) in [6.45, 7) is 1.17. The first-order chi connectivity index (χ1) is 21.1. The lowest BCUT2D eigenvalue weighted by molar-refractivity contribution is -0.102. The molecule has 1 aromatic heterocycles. The summed E-state index contributed by atoms with van der Waals surface area (Å²) < 4.78 is 4.88. The van der Waals surface area contributed by atoms with Crippen molar-refractivity contribution in [1.29, 1.82) is 0 Å². The van der Waals surface area contributed by atoms with Crippen molar-refractivity contribution >= 4 is 45.5 Å². The van der Waals surface area contributed by atoms with Gasteiger partial charge in [0.2, 0.25) is 5.78 Å². The van der Waals surface area contributed by atoms with Crippen LogP contribution in [0, 0.1) is 0 Å². The van der Waals surface area contributed by atoms with Crippen molar-refractivity contribution in [3.8, 4) is 17.2 Å². The zero-order valence-corrected chi connectivity index (χ0v) is 24.1. The van der Waals surface area contributed by atoms with Gasteiger partial charge in [-0.3, -0.25) is 24.0 Å². The van der Waals surface area contributed by atoms with Crippen molar-refractivity contribution in [3.05, 3.63) is 72.4 Å². The van der Waals surface area contributed by atoms with E-state index >= 15 is 0 Å². The molecule has 1 spiro atoms. The Balaban J connectivity index is 1.57. The molecule has 0 fully saturated rings. The molecule has 3 aliphatic rings. The van der Waals surface area contributed by atoms with Crippen molar-refractivity contribution in [2.75, 3.05) is 7.11 Å². The number of carbonyl (C=O) groups is 4. The molecule has 4 unspecified atom stereocenters. The third-order valence-electron chi connectivity index (χ3n) is 8.85.